The van der Waals surface area contributed by atoms with E-state index in [4.69, 9.17) is 10.3 Å². The largest absolute Gasteiger partial charge is 0.339 e. The summed E-state index contributed by atoms with van der Waals surface area (Å²) in [6.07, 6.45) is 5.63. The molecule has 0 aromatic carbocycles. The fourth-order valence-electron chi connectivity index (χ4n) is 2.57. The Bertz CT molecular complexity index is 410. The summed E-state index contributed by atoms with van der Waals surface area (Å²) < 4.78 is 5.45. The van der Waals surface area contributed by atoms with Gasteiger partial charge < -0.3 is 10.3 Å². The highest BCUT2D eigenvalue weighted by Gasteiger charge is 2.47. The molecule has 4 heteroatoms. The van der Waals surface area contributed by atoms with Crippen LogP contribution in [0.15, 0.2) is 4.52 Å². The number of nitrogens with two attached hydrogens (primary N) is 1. The van der Waals surface area contributed by atoms with E-state index in [0.29, 0.717) is 0 Å². The highest BCUT2D eigenvalue weighted by atomic mass is 16.5. The number of hydrogen-bond donors (Lipinski definition) is 1. The Hall–Kier alpha value is -0.900. The van der Waals surface area contributed by atoms with E-state index in [9.17, 15) is 0 Å². The molecule has 0 spiro atoms. The van der Waals surface area contributed by atoms with Crippen LogP contribution in [0.2, 0.25) is 0 Å². The molecule has 3 rings (SSSR count). The zero-order valence-corrected chi connectivity index (χ0v) is 9.99. The molecule has 2 aliphatic rings. The van der Waals surface area contributed by atoms with E-state index < -0.39 is 0 Å². The zero-order valence-electron chi connectivity index (χ0n) is 9.99. The Morgan fingerprint density at radius 1 is 1.31 bits per heavy atom. The van der Waals surface area contributed by atoms with Gasteiger partial charge in [0.05, 0.1) is 5.41 Å². The van der Waals surface area contributed by atoms with Crippen molar-refractivity contribution in [2.24, 2.45) is 5.73 Å². The molecule has 0 radical (unpaired) electrons. The van der Waals surface area contributed by atoms with Gasteiger partial charge in [0, 0.05) is 11.5 Å². The van der Waals surface area contributed by atoms with Gasteiger partial charge in [-0.05, 0) is 32.6 Å². The van der Waals surface area contributed by atoms with Crippen LogP contribution >= 0.6 is 0 Å². The maximum Gasteiger partial charge on any atom is 0.234 e. The van der Waals surface area contributed by atoms with Gasteiger partial charge in [-0.15, -0.1) is 0 Å². The van der Waals surface area contributed by atoms with Crippen molar-refractivity contribution in [1.29, 1.82) is 0 Å². The van der Waals surface area contributed by atoms with Crippen LogP contribution in [0.25, 0.3) is 0 Å². The predicted molar refractivity (Wildman–Crippen MR) is 60.1 cm³/mol. The Morgan fingerprint density at radius 2 is 2.06 bits per heavy atom. The number of aromatic nitrogens is 2. The fraction of sp³-hybridized carbons (Fsp3) is 0.833. The lowest BCUT2D eigenvalue weighted by Gasteiger charge is -2.23. The molecule has 1 aromatic heterocycles. The van der Waals surface area contributed by atoms with E-state index in [1.54, 1.807) is 0 Å². The minimum absolute atomic E-state index is 0.101. The Labute approximate surface area is 95.6 Å². The van der Waals surface area contributed by atoms with Crippen LogP contribution in [-0.2, 0) is 10.8 Å². The van der Waals surface area contributed by atoms with Crippen molar-refractivity contribution in [2.75, 3.05) is 0 Å². The van der Waals surface area contributed by atoms with Crippen molar-refractivity contribution in [3.8, 4) is 0 Å². The zero-order chi connectivity index (χ0) is 11.4. The highest BCUT2D eigenvalue weighted by molar-refractivity contribution is 5.18. The topological polar surface area (TPSA) is 64.9 Å². The average molecular weight is 221 g/mol. The molecule has 1 heterocycles. The quantitative estimate of drug-likeness (QED) is 0.828. The van der Waals surface area contributed by atoms with Crippen LogP contribution < -0.4 is 5.73 Å². The first-order valence-electron chi connectivity index (χ1n) is 6.15. The third-order valence-corrected chi connectivity index (χ3v) is 4.48. The second-order valence-corrected chi connectivity index (χ2v) is 5.90. The lowest BCUT2D eigenvalue weighted by Crippen LogP contribution is -2.38. The Kier molecular flexibility index (Phi) is 1.97. The maximum atomic E-state index is 6.15. The molecule has 2 unspecified atom stereocenters. The van der Waals surface area contributed by atoms with E-state index >= 15 is 0 Å². The van der Waals surface area contributed by atoms with Crippen LogP contribution in [0.5, 0.6) is 0 Å². The summed E-state index contributed by atoms with van der Waals surface area (Å²) in [5.41, 5.74) is 6.23. The van der Waals surface area contributed by atoms with Crippen LogP contribution in [0, 0.1) is 0 Å². The minimum Gasteiger partial charge on any atom is -0.339 e. The summed E-state index contributed by atoms with van der Waals surface area (Å²) in [5, 5.41) is 4.13. The third-order valence-electron chi connectivity index (χ3n) is 4.48. The molecule has 0 bridgehead atoms. The predicted octanol–water partition coefficient (Wildman–Crippen LogP) is 1.89. The fourth-order valence-corrected chi connectivity index (χ4v) is 2.57. The minimum atomic E-state index is -0.101. The molecule has 2 saturated carbocycles. The van der Waals surface area contributed by atoms with Gasteiger partial charge in [-0.3, -0.25) is 0 Å². The molecule has 1 aromatic rings. The first-order chi connectivity index (χ1) is 7.55. The van der Waals surface area contributed by atoms with Crippen molar-refractivity contribution >= 4 is 0 Å². The van der Waals surface area contributed by atoms with E-state index in [-0.39, 0.29) is 16.9 Å². The highest BCUT2D eigenvalue weighted by Crippen LogP contribution is 2.47. The van der Waals surface area contributed by atoms with Gasteiger partial charge in [-0.2, -0.15) is 4.98 Å². The van der Waals surface area contributed by atoms with Gasteiger partial charge in [-0.25, -0.2) is 0 Å². The van der Waals surface area contributed by atoms with Crippen LogP contribution in [0.3, 0.4) is 0 Å². The van der Waals surface area contributed by atoms with Gasteiger partial charge in [0.15, 0.2) is 5.82 Å². The van der Waals surface area contributed by atoms with Crippen molar-refractivity contribution in [3.63, 3.8) is 0 Å². The van der Waals surface area contributed by atoms with Gasteiger partial charge in [-0.1, -0.05) is 18.5 Å². The van der Waals surface area contributed by atoms with E-state index in [1.807, 2.05) is 0 Å². The summed E-state index contributed by atoms with van der Waals surface area (Å²) >= 11 is 0. The molecule has 0 saturated heterocycles. The van der Waals surface area contributed by atoms with E-state index in [1.165, 1.54) is 12.8 Å². The summed E-state index contributed by atoms with van der Waals surface area (Å²) in [6, 6.07) is 0.160. The standard InChI is InChI=1S/C12H19N3O/c1-11(6-7-11)9-14-10(16-15-9)12(2)5-3-4-8(12)13/h8H,3-7,13H2,1-2H3. The summed E-state index contributed by atoms with van der Waals surface area (Å²) in [4.78, 5) is 4.59. The normalized spacial score (nSPS) is 36.6. The molecule has 16 heavy (non-hydrogen) atoms. The van der Waals surface area contributed by atoms with Crippen LogP contribution in [0.1, 0.15) is 57.7 Å². The smallest absolute Gasteiger partial charge is 0.234 e. The average Bonchev–Trinajstić information content (AvgIpc) is 2.71. The van der Waals surface area contributed by atoms with Gasteiger partial charge in [0.2, 0.25) is 5.89 Å². The molecule has 4 nitrogen and oxygen atoms in total. The summed E-state index contributed by atoms with van der Waals surface area (Å²) in [6.45, 7) is 4.34. The monoisotopic (exact) mass is 221 g/mol. The first-order valence-corrected chi connectivity index (χ1v) is 6.15. The Balaban J connectivity index is 1.92. The third kappa shape index (κ3) is 1.32. The van der Waals surface area contributed by atoms with Crippen molar-refractivity contribution in [1.82, 2.24) is 10.1 Å². The maximum absolute atomic E-state index is 6.15. The van der Waals surface area contributed by atoms with E-state index in [0.717, 1.165) is 31.0 Å². The van der Waals surface area contributed by atoms with Gasteiger partial charge in [0.25, 0.3) is 0 Å². The van der Waals surface area contributed by atoms with Crippen molar-refractivity contribution < 1.29 is 4.52 Å². The second-order valence-electron chi connectivity index (χ2n) is 5.90. The summed E-state index contributed by atoms with van der Waals surface area (Å²) in [5.74, 6) is 1.63. The molecule has 2 aliphatic carbocycles. The molecule has 88 valence electrons. The summed E-state index contributed by atoms with van der Waals surface area (Å²) in [7, 11) is 0. The lowest BCUT2D eigenvalue weighted by molar-refractivity contribution is 0.276. The van der Waals surface area contributed by atoms with Crippen molar-refractivity contribution in [3.05, 3.63) is 11.7 Å². The molecule has 0 amide bonds. The van der Waals surface area contributed by atoms with Crippen molar-refractivity contribution in [2.45, 2.75) is 62.8 Å². The molecule has 2 atom stereocenters. The number of hydrogen-bond acceptors (Lipinski definition) is 4. The number of rotatable bonds is 2. The van der Waals surface area contributed by atoms with Crippen LogP contribution in [0.4, 0.5) is 0 Å². The molecular formula is C12H19N3O. The van der Waals surface area contributed by atoms with E-state index in [2.05, 4.69) is 24.0 Å². The molecule has 0 aliphatic heterocycles. The molecular weight excluding hydrogens is 202 g/mol. The number of nitrogens with zero attached hydrogens (tertiary/aromatic N) is 2. The SMILES string of the molecule is CC1(c2noc(C3(C)CCCC3N)n2)CC1. The van der Waals surface area contributed by atoms with Gasteiger partial charge in [0.1, 0.15) is 0 Å². The van der Waals surface area contributed by atoms with Gasteiger partial charge >= 0.3 is 0 Å². The second kappa shape index (κ2) is 3.06. The molecule has 2 N–H and O–H groups in total. The Morgan fingerprint density at radius 3 is 2.62 bits per heavy atom. The molecule has 2 fully saturated rings. The van der Waals surface area contributed by atoms with Crippen LogP contribution in [-0.4, -0.2) is 16.2 Å². The lowest BCUT2D eigenvalue weighted by atomic mass is 9.85. The first kappa shape index (κ1) is 10.3.